The van der Waals surface area contributed by atoms with Gasteiger partial charge in [-0.15, -0.1) is 0 Å². The lowest BCUT2D eigenvalue weighted by atomic mass is 9.98. The molecule has 0 fully saturated rings. The molecule has 6 nitrogen and oxygen atoms in total. The molecule has 0 atom stereocenters. The molecule has 2 aromatic carbocycles. The average Bonchev–Trinajstić information content (AvgIpc) is 2.75. The van der Waals surface area contributed by atoms with E-state index >= 15 is 0 Å². The third-order valence-corrected chi connectivity index (χ3v) is 4.93. The Morgan fingerprint density at radius 1 is 1.20 bits per heavy atom. The lowest BCUT2D eigenvalue weighted by molar-refractivity contribution is 0.322. The third-order valence-electron chi connectivity index (χ3n) is 4.93. The maximum absolute atomic E-state index is 14.0. The van der Waals surface area contributed by atoms with Crippen molar-refractivity contribution in [1.29, 1.82) is 5.41 Å². The molecule has 0 aromatic heterocycles. The largest absolute Gasteiger partial charge is 0.492 e. The topological polar surface area (TPSA) is 110 Å². The molecule has 30 heavy (non-hydrogen) atoms. The second kappa shape index (κ2) is 10.5. The van der Waals surface area contributed by atoms with E-state index in [9.17, 15) is 4.39 Å². The minimum atomic E-state index is -0.382. The Labute approximate surface area is 177 Å². The van der Waals surface area contributed by atoms with Crippen LogP contribution in [-0.4, -0.2) is 38.7 Å². The molecule has 0 heterocycles. The third kappa shape index (κ3) is 5.45. The van der Waals surface area contributed by atoms with E-state index in [4.69, 9.17) is 21.6 Å². The van der Waals surface area contributed by atoms with Crippen molar-refractivity contribution in [1.82, 2.24) is 0 Å². The predicted molar refractivity (Wildman–Crippen MR) is 123 cm³/mol. The smallest absolute Gasteiger partial charge is 0.130 e. The molecular weight excluding hydrogens is 381 g/mol. The average molecular weight is 412 g/mol. The molecule has 7 heteroatoms. The van der Waals surface area contributed by atoms with Crippen LogP contribution in [0.25, 0.3) is 11.1 Å². The summed E-state index contributed by atoms with van der Waals surface area (Å²) in [5.74, 6) is 0.0464. The van der Waals surface area contributed by atoms with Crippen LogP contribution in [0.15, 0.2) is 52.7 Å². The molecule has 6 N–H and O–H groups in total. The quantitative estimate of drug-likeness (QED) is 0.468. The van der Waals surface area contributed by atoms with Crippen LogP contribution in [-0.2, 0) is 0 Å². The first kappa shape index (κ1) is 23.1. The second-order valence-corrected chi connectivity index (χ2v) is 6.90. The first-order valence-electron chi connectivity index (χ1n) is 9.73. The van der Waals surface area contributed by atoms with E-state index < -0.39 is 0 Å². The predicted octanol–water partition coefficient (Wildman–Crippen LogP) is 3.95. The summed E-state index contributed by atoms with van der Waals surface area (Å²) >= 11 is 0. The molecule has 2 rings (SSSR count). The zero-order valence-corrected chi connectivity index (χ0v) is 18.0. The lowest BCUT2D eigenvalue weighted by Crippen LogP contribution is -2.15. The van der Waals surface area contributed by atoms with Gasteiger partial charge >= 0.3 is 0 Å². The van der Waals surface area contributed by atoms with Crippen LogP contribution in [0.1, 0.15) is 25.8 Å². The maximum atomic E-state index is 14.0. The zero-order valence-electron chi connectivity index (χ0n) is 18.0. The van der Waals surface area contributed by atoms with Gasteiger partial charge in [0, 0.05) is 61.4 Å². The minimum Gasteiger partial charge on any atom is -0.492 e. The van der Waals surface area contributed by atoms with Gasteiger partial charge in [0.05, 0.1) is 12.3 Å². The minimum absolute atomic E-state index is 0.122. The molecule has 160 valence electrons. The van der Waals surface area contributed by atoms with E-state index in [0.717, 1.165) is 28.1 Å². The normalized spacial score (nSPS) is 12.4. The Kier molecular flexibility index (Phi) is 8.12. The molecule has 0 aliphatic heterocycles. The Morgan fingerprint density at radius 2 is 1.93 bits per heavy atom. The number of aliphatic imine (C=N–C) groups is 1. The molecule has 0 saturated carbocycles. The van der Waals surface area contributed by atoms with Crippen molar-refractivity contribution >= 4 is 17.1 Å². The number of hydrogen-bond acceptors (Lipinski definition) is 6. The van der Waals surface area contributed by atoms with E-state index in [-0.39, 0.29) is 12.4 Å². The number of anilines is 1. The van der Waals surface area contributed by atoms with E-state index in [2.05, 4.69) is 10.3 Å². The SMILES string of the molecule is CN=C(C)C(CCOc1cc(F)ccc1-c1ccc(NC)c(C(=N)CN)c1)=C(C)N. The second-order valence-electron chi connectivity index (χ2n) is 6.90. The summed E-state index contributed by atoms with van der Waals surface area (Å²) in [6.07, 6.45) is 0.559. The van der Waals surface area contributed by atoms with Gasteiger partial charge in [0.25, 0.3) is 0 Å². The molecule has 0 bridgehead atoms. The number of benzene rings is 2. The van der Waals surface area contributed by atoms with E-state index in [1.54, 1.807) is 20.2 Å². The van der Waals surface area contributed by atoms with Crippen LogP contribution in [0.4, 0.5) is 10.1 Å². The van der Waals surface area contributed by atoms with Gasteiger partial charge in [-0.2, -0.15) is 0 Å². The molecule has 0 amide bonds. The Balaban J connectivity index is 2.36. The fourth-order valence-corrected chi connectivity index (χ4v) is 3.20. The van der Waals surface area contributed by atoms with Gasteiger partial charge in [0.15, 0.2) is 0 Å². The molecule has 0 aliphatic rings. The molecule has 0 unspecified atom stereocenters. The van der Waals surface area contributed by atoms with Crippen molar-refractivity contribution in [3.63, 3.8) is 0 Å². The molecule has 0 spiro atoms. The van der Waals surface area contributed by atoms with E-state index in [1.165, 1.54) is 12.1 Å². The Bertz CT molecular complexity index is 978. The van der Waals surface area contributed by atoms with Crippen LogP contribution >= 0.6 is 0 Å². The fraction of sp³-hybridized carbons (Fsp3) is 0.304. The van der Waals surface area contributed by atoms with Gasteiger partial charge in [0.2, 0.25) is 0 Å². The van der Waals surface area contributed by atoms with Crippen molar-refractivity contribution < 1.29 is 9.13 Å². The molecule has 0 aliphatic carbocycles. The number of allylic oxidation sites excluding steroid dienone is 1. The van der Waals surface area contributed by atoms with Crippen molar-refractivity contribution in [3.8, 4) is 16.9 Å². The van der Waals surface area contributed by atoms with Gasteiger partial charge in [0.1, 0.15) is 11.6 Å². The van der Waals surface area contributed by atoms with Crippen LogP contribution < -0.4 is 21.5 Å². The van der Waals surface area contributed by atoms with Gasteiger partial charge in [-0.25, -0.2) is 4.39 Å². The Morgan fingerprint density at radius 3 is 2.53 bits per heavy atom. The van der Waals surface area contributed by atoms with Crippen molar-refractivity contribution in [2.75, 3.05) is 32.6 Å². The molecule has 0 saturated heterocycles. The summed E-state index contributed by atoms with van der Waals surface area (Å²) in [5.41, 5.74) is 17.5. The maximum Gasteiger partial charge on any atom is 0.130 e. The number of nitrogens with two attached hydrogens (primary N) is 2. The highest BCUT2D eigenvalue weighted by Crippen LogP contribution is 2.33. The standard InChI is InChI=1S/C23H30FN5O/c1-14(26)18(15(2)28-3)9-10-30-23-12-17(24)6-7-19(23)16-5-8-22(29-4)20(11-16)21(27)13-25/h5-8,11-12,27,29H,9-10,13,25-26H2,1-4H3. The zero-order chi connectivity index (χ0) is 22.3. The van der Waals surface area contributed by atoms with Crippen LogP contribution in [0, 0.1) is 11.2 Å². The highest BCUT2D eigenvalue weighted by atomic mass is 19.1. The van der Waals surface area contributed by atoms with Crippen molar-refractivity contribution in [2.24, 2.45) is 16.5 Å². The number of halogens is 1. The van der Waals surface area contributed by atoms with Crippen LogP contribution in [0.2, 0.25) is 0 Å². The van der Waals surface area contributed by atoms with Crippen molar-refractivity contribution in [2.45, 2.75) is 20.3 Å². The molecular formula is C23H30FN5O. The van der Waals surface area contributed by atoms with Gasteiger partial charge in [-0.1, -0.05) is 6.07 Å². The van der Waals surface area contributed by atoms with Gasteiger partial charge in [-0.05, 0) is 49.2 Å². The lowest BCUT2D eigenvalue weighted by Gasteiger charge is -2.16. The monoisotopic (exact) mass is 411 g/mol. The highest BCUT2D eigenvalue weighted by Gasteiger charge is 2.13. The van der Waals surface area contributed by atoms with Gasteiger partial charge in [-0.3, -0.25) is 4.99 Å². The number of nitrogens with zero attached hydrogens (tertiary/aromatic N) is 1. The number of rotatable bonds is 9. The van der Waals surface area contributed by atoms with Crippen LogP contribution in [0.3, 0.4) is 0 Å². The van der Waals surface area contributed by atoms with Crippen molar-refractivity contribution in [3.05, 3.63) is 59.0 Å². The molecule has 2 aromatic rings. The fourth-order valence-electron chi connectivity index (χ4n) is 3.20. The van der Waals surface area contributed by atoms with Crippen LogP contribution in [0.5, 0.6) is 5.75 Å². The summed E-state index contributed by atoms with van der Waals surface area (Å²) in [7, 11) is 3.51. The van der Waals surface area contributed by atoms with Gasteiger partial charge < -0.3 is 26.9 Å². The molecule has 0 radical (unpaired) electrons. The summed E-state index contributed by atoms with van der Waals surface area (Å²) < 4.78 is 19.9. The number of nitrogens with one attached hydrogen (secondary N) is 2. The first-order chi connectivity index (χ1) is 14.3. The highest BCUT2D eigenvalue weighted by molar-refractivity contribution is 6.05. The Hall–Kier alpha value is -3.19. The number of hydrogen-bond donors (Lipinski definition) is 4. The number of ether oxygens (including phenoxy) is 1. The summed E-state index contributed by atoms with van der Waals surface area (Å²) in [6.45, 7) is 4.18. The summed E-state index contributed by atoms with van der Waals surface area (Å²) in [5, 5.41) is 11.2. The van der Waals surface area contributed by atoms with E-state index in [1.807, 2.05) is 32.0 Å². The first-order valence-corrected chi connectivity index (χ1v) is 9.73. The summed E-state index contributed by atoms with van der Waals surface area (Å²) in [6, 6.07) is 10.1. The summed E-state index contributed by atoms with van der Waals surface area (Å²) in [4.78, 5) is 4.19. The van der Waals surface area contributed by atoms with E-state index in [0.29, 0.717) is 35.7 Å².